The lowest BCUT2D eigenvalue weighted by Crippen LogP contribution is -2.33. The Bertz CT molecular complexity index is 1070. The van der Waals surface area contributed by atoms with Gasteiger partial charge in [-0.2, -0.15) is 10.4 Å². The van der Waals surface area contributed by atoms with Crippen molar-refractivity contribution in [2.75, 3.05) is 19.2 Å². The van der Waals surface area contributed by atoms with Crippen molar-refractivity contribution < 1.29 is 9.53 Å². The Morgan fingerprint density at radius 1 is 1.23 bits per heavy atom. The molecule has 0 aromatic carbocycles. The molecule has 8 nitrogen and oxygen atoms in total. The number of aryl methyl sites for hydroxylation is 1. The number of hydrogen-bond acceptors (Lipinski definition) is 7. The Hall–Kier alpha value is -3.47. The van der Waals surface area contributed by atoms with Crippen LogP contribution in [0.15, 0.2) is 29.4 Å². The fourth-order valence-electron chi connectivity index (χ4n) is 4.47. The van der Waals surface area contributed by atoms with E-state index in [1.54, 1.807) is 19.2 Å². The largest absolute Gasteiger partial charge is 0.480 e. The summed E-state index contributed by atoms with van der Waals surface area (Å²) in [5.41, 5.74) is 3.20. The van der Waals surface area contributed by atoms with Gasteiger partial charge in [-0.25, -0.2) is 15.0 Å². The highest BCUT2D eigenvalue weighted by Gasteiger charge is 2.37. The lowest BCUT2D eigenvalue weighted by Gasteiger charge is -2.27. The van der Waals surface area contributed by atoms with Crippen molar-refractivity contribution in [1.29, 1.82) is 5.26 Å². The Labute approximate surface area is 182 Å². The van der Waals surface area contributed by atoms with Gasteiger partial charge >= 0.3 is 0 Å². The van der Waals surface area contributed by atoms with Crippen LogP contribution in [0.25, 0.3) is 0 Å². The molecule has 1 atom stereocenters. The summed E-state index contributed by atoms with van der Waals surface area (Å²) in [4.78, 5) is 21.3. The van der Waals surface area contributed by atoms with Crippen molar-refractivity contribution in [2.24, 2.45) is 11.0 Å². The molecule has 1 aliphatic carbocycles. The number of methoxy groups -OCH3 is 1. The normalized spacial score (nSPS) is 18.6. The molecule has 2 aliphatic rings. The topological polar surface area (TPSA) is 104 Å². The summed E-state index contributed by atoms with van der Waals surface area (Å²) in [5.74, 6) is 1.32. The highest BCUT2D eigenvalue weighted by molar-refractivity contribution is 6.03. The molecular weight excluding hydrogens is 392 g/mol. The highest BCUT2D eigenvalue weighted by Crippen LogP contribution is 2.37. The molecule has 1 saturated carbocycles. The monoisotopic (exact) mass is 418 g/mol. The average Bonchev–Trinajstić information content (AvgIpc) is 3.48. The van der Waals surface area contributed by atoms with Gasteiger partial charge in [0.15, 0.2) is 0 Å². The number of anilines is 1. The first-order chi connectivity index (χ1) is 15.0. The van der Waals surface area contributed by atoms with Gasteiger partial charge in [0.2, 0.25) is 5.88 Å². The lowest BCUT2D eigenvalue weighted by atomic mass is 9.93. The second-order valence-corrected chi connectivity index (χ2v) is 7.95. The van der Waals surface area contributed by atoms with Gasteiger partial charge in [-0.05, 0) is 49.9 Å². The van der Waals surface area contributed by atoms with Crippen LogP contribution in [0.3, 0.4) is 0 Å². The average molecular weight is 419 g/mol. The number of hydrogen-bond donors (Lipinski definition) is 1. The smallest absolute Gasteiger partial charge is 0.256 e. The predicted molar refractivity (Wildman–Crippen MR) is 117 cm³/mol. The number of nitrogens with zero attached hydrogens (tertiary/aromatic N) is 5. The van der Waals surface area contributed by atoms with E-state index < -0.39 is 0 Å². The number of carbonyl (C=O) groups is 1. The molecule has 3 heterocycles. The first kappa shape index (κ1) is 20.8. The Morgan fingerprint density at radius 3 is 2.65 bits per heavy atom. The molecule has 1 aliphatic heterocycles. The molecule has 1 N–H and O–H groups in total. The third kappa shape index (κ3) is 3.96. The number of carbonyl (C=O) groups excluding carboxylic acids is 1. The quantitative estimate of drug-likeness (QED) is 0.800. The number of nitriles is 1. The van der Waals surface area contributed by atoms with Gasteiger partial charge in [0, 0.05) is 13.5 Å². The summed E-state index contributed by atoms with van der Waals surface area (Å²) in [5, 5.41) is 18.8. The second kappa shape index (κ2) is 8.72. The molecular formula is C23H26N6O2. The molecule has 0 spiro atoms. The van der Waals surface area contributed by atoms with E-state index in [0.29, 0.717) is 28.4 Å². The zero-order chi connectivity index (χ0) is 22.0. The maximum absolute atomic E-state index is 12.1. The zero-order valence-corrected chi connectivity index (χ0v) is 18.1. The van der Waals surface area contributed by atoms with Gasteiger partial charge in [-0.1, -0.05) is 12.8 Å². The fourth-order valence-corrected chi connectivity index (χ4v) is 4.47. The molecule has 8 heteroatoms. The third-order valence-electron chi connectivity index (χ3n) is 6.14. The minimum atomic E-state index is -0.244. The fraction of sp³-hybridized carbons (Fsp3) is 0.435. The molecule has 1 amide bonds. The highest BCUT2D eigenvalue weighted by atomic mass is 16.5. The van der Waals surface area contributed by atoms with Crippen molar-refractivity contribution in [2.45, 2.75) is 45.1 Å². The SMILES string of the molecule is CNC(=O)c1ccc(C2=NN(c3ccc(C#N)c(C)n3)C(C3CCCC3)C2)nc1OC. The predicted octanol–water partition coefficient (Wildman–Crippen LogP) is 3.20. The van der Waals surface area contributed by atoms with Crippen LogP contribution in [-0.4, -0.2) is 41.8 Å². The van der Waals surface area contributed by atoms with Crippen molar-refractivity contribution in [3.63, 3.8) is 0 Å². The summed E-state index contributed by atoms with van der Waals surface area (Å²) in [6.07, 6.45) is 5.56. The van der Waals surface area contributed by atoms with Crippen molar-refractivity contribution >= 4 is 17.4 Å². The van der Waals surface area contributed by atoms with Crippen LogP contribution in [0.2, 0.25) is 0 Å². The molecule has 0 bridgehead atoms. The number of pyridine rings is 2. The van der Waals surface area contributed by atoms with E-state index in [-0.39, 0.29) is 17.8 Å². The van der Waals surface area contributed by atoms with Gasteiger partial charge < -0.3 is 10.1 Å². The molecule has 1 fully saturated rings. The summed E-state index contributed by atoms with van der Waals surface area (Å²) in [6, 6.07) is 9.58. The first-order valence-electron chi connectivity index (χ1n) is 10.6. The molecule has 1 unspecified atom stereocenters. The second-order valence-electron chi connectivity index (χ2n) is 7.95. The van der Waals surface area contributed by atoms with Gasteiger partial charge in [0.05, 0.1) is 35.8 Å². The Morgan fingerprint density at radius 2 is 2.00 bits per heavy atom. The number of ether oxygens (including phenoxy) is 1. The van der Waals surface area contributed by atoms with Crippen LogP contribution in [0.1, 0.15) is 59.4 Å². The standard InChI is InChI=1S/C23H26N6O2/c1-14-16(13-24)8-11-21(26-14)29-20(15-6-4-5-7-15)12-19(28-29)18-10-9-17(22(30)25-2)23(27-18)31-3/h8-11,15,20H,4-7,12H2,1-3H3,(H,25,30). The minimum Gasteiger partial charge on any atom is -0.480 e. The van der Waals surface area contributed by atoms with Crippen LogP contribution in [0, 0.1) is 24.2 Å². The van der Waals surface area contributed by atoms with Crippen LogP contribution < -0.4 is 15.1 Å². The first-order valence-corrected chi connectivity index (χ1v) is 10.6. The van der Waals surface area contributed by atoms with Crippen LogP contribution in [0.5, 0.6) is 5.88 Å². The van der Waals surface area contributed by atoms with Gasteiger partial charge in [0.1, 0.15) is 17.5 Å². The van der Waals surface area contributed by atoms with Crippen LogP contribution in [-0.2, 0) is 0 Å². The number of amides is 1. The third-order valence-corrected chi connectivity index (χ3v) is 6.14. The summed E-state index contributed by atoms with van der Waals surface area (Å²) >= 11 is 0. The number of hydrazone groups is 1. The molecule has 2 aromatic heterocycles. The maximum Gasteiger partial charge on any atom is 0.256 e. The zero-order valence-electron chi connectivity index (χ0n) is 18.1. The molecule has 0 radical (unpaired) electrons. The van der Waals surface area contributed by atoms with E-state index in [1.807, 2.05) is 24.1 Å². The van der Waals surface area contributed by atoms with Gasteiger partial charge in [0.25, 0.3) is 5.91 Å². The van der Waals surface area contributed by atoms with E-state index in [1.165, 1.54) is 32.8 Å². The van der Waals surface area contributed by atoms with E-state index in [9.17, 15) is 10.1 Å². The number of rotatable bonds is 5. The minimum absolute atomic E-state index is 0.198. The van der Waals surface area contributed by atoms with Crippen molar-refractivity contribution in [3.05, 3.63) is 46.8 Å². The number of aromatic nitrogens is 2. The maximum atomic E-state index is 12.1. The Balaban J connectivity index is 1.71. The van der Waals surface area contributed by atoms with E-state index in [2.05, 4.69) is 21.4 Å². The van der Waals surface area contributed by atoms with Crippen molar-refractivity contribution in [3.8, 4) is 11.9 Å². The summed E-state index contributed by atoms with van der Waals surface area (Å²) in [6.45, 7) is 1.84. The van der Waals surface area contributed by atoms with Gasteiger partial charge in [-0.15, -0.1) is 0 Å². The van der Waals surface area contributed by atoms with E-state index >= 15 is 0 Å². The van der Waals surface area contributed by atoms with Crippen molar-refractivity contribution in [1.82, 2.24) is 15.3 Å². The summed E-state index contributed by atoms with van der Waals surface area (Å²) in [7, 11) is 3.08. The van der Waals surface area contributed by atoms with E-state index in [4.69, 9.17) is 9.84 Å². The summed E-state index contributed by atoms with van der Waals surface area (Å²) < 4.78 is 5.36. The van der Waals surface area contributed by atoms with Crippen LogP contribution >= 0.6 is 0 Å². The molecule has 0 saturated heterocycles. The van der Waals surface area contributed by atoms with E-state index in [0.717, 1.165) is 18.0 Å². The lowest BCUT2D eigenvalue weighted by molar-refractivity contribution is 0.0959. The van der Waals surface area contributed by atoms with Crippen LogP contribution in [0.4, 0.5) is 5.82 Å². The molecule has 2 aromatic rings. The molecule has 31 heavy (non-hydrogen) atoms. The molecule has 4 rings (SSSR count). The Kier molecular flexibility index (Phi) is 5.85. The van der Waals surface area contributed by atoms with Gasteiger partial charge in [-0.3, -0.25) is 4.79 Å². The number of nitrogens with one attached hydrogen (secondary N) is 1. The molecule has 160 valence electrons.